The molecule has 144 valence electrons. The molecule has 2 aromatic rings. The first-order valence-electron chi connectivity index (χ1n) is 9.54. The number of hydrogen-bond acceptors (Lipinski definition) is 3. The first kappa shape index (κ1) is 18.8. The standard InChI is InChI=1S/C21H21BrN4O2/c22-16-3-6-19-18(10-16)15(9-14(11-23)21(28)24-17-4-5-17)12-26(19)13-20(27)25-7-1-2-8-25/h3,6,9-10,12,17H,1-2,4-5,7-8,13H2,(H,24,28)/b14-9+. The summed E-state index contributed by atoms with van der Waals surface area (Å²) in [7, 11) is 0. The summed E-state index contributed by atoms with van der Waals surface area (Å²) in [5.74, 6) is -0.242. The average Bonchev–Trinajstić information content (AvgIpc) is 3.19. The summed E-state index contributed by atoms with van der Waals surface area (Å²) in [5.41, 5.74) is 1.74. The highest BCUT2D eigenvalue weighted by Gasteiger charge is 2.25. The summed E-state index contributed by atoms with van der Waals surface area (Å²) in [4.78, 5) is 26.8. The lowest BCUT2D eigenvalue weighted by molar-refractivity contribution is -0.130. The number of hydrogen-bond donors (Lipinski definition) is 1. The van der Waals surface area contributed by atoms with Gasteiger partial charge in [-0.15, -0.1) is 0 Å². The molecule has 0 atom stereocenters. The third-order valence-corrected chi connectivity index (χ3v) is 5.71. The number of nitrogens with zero attached hydrogens (tertiary/aromatic N) is 3. The van der Waals surface area contributed by atoms with Crippen molar-refractivity contribution in [1.29, 1.82) is 5.26 Å². The van der Waals surface area contributed by atoms with Crippen LogP contribution in [0.4, 0.5) is 0 Å². The van der Waals surface area contributed by atoms with E-state index in [-0.39, 0.29) is 30.0 Å². The molecular weight excluding hydrogens is 420 g/mol. The zero-order valence-electron chi connectivity index (χ0n) is 15.4. The van der Waals surface area contributed by atoms with Crippen LogP contribution < -0.4 is 5.32 Å². The highest BCUT2D eigenvalue weighted by atomic mass is 79.9. The van der Waals surface area contributed by atoms with Crippen molar-refractivity contribution in [1.82, 2.24) is 14.8 Å². The summed E-state index contributed by atoms with van der Waals surface area (Å²) < 4.78 is 2.81. The van der Waals surface area contributed by atoms with E-state index in [0.29, 0.717) is 0 Å². The molecule has 1 N–H and O–H groups in total. The van der Waals surface area contributed by atoms with Crippen LogP contribution in [0.25, 0.3) is 17.0 Å². The third-order valence-electron chi connectivity index (χ3n) is 5.22. The minimum Gasteiger partial charge on any atom is -0.349 e. The number of benzene rings is 1. The van der Waals surface area contributed by atoms with Crippen molar-refractivity contribution in [3.63, 3.8) is 0 Å². The van der Waals surface area contributed by atoms with Crippen molar-refractivity contribution in [2.24, 2.45) is 0 Å². The largest absolute Gasteiger partial charge is 0.349 e. The number of rotatable bonds is 5. The van der Waals surface area contributed by atoms with Crippen molar-refractivity contribution in [3.05, 3.63) is 40.0 Å². The molecule has 2 fully saturated rings. The molecule has 0 spiro atoms. The van der Waals surface area contributed by atoms with Crippen LogP contribution in [0.15, 0.2) is 34.4 Å². The SMILES string of the molecule is N#C/C(=C\c1cn(CC(=O)N2CCCC2)c2ccc(Br)cc12)C(=O)NC1CC1. The summed E-state index contributed by atoms with van der Waals surface area (Å²) >= 11 is 3.48. The van der Waals surface area contributed by atoms with Gasteiger partial charge in [0.15, 0.2) is 0 Å². The first-order valence-corrected chi connectivity index (χ1v) is 10.3. The Labute approximate surface area is 171 Å². The van der Waals surface area contributed by atoms with Gasteiger partial charge in [0, 0.05) is 46.3 Å². The Kier molecular flexibility index (Phi) is 5.23. The minimum absolute atomic E-state index is 0.0804. The molecule has 0 unspecified atom stereocenters. The summed E-state index contributed by atoms with van der Waals surface area (Å²) in [5, 5.41) is 13.2. The molecule has 2 heterocycles. The smallest absolute Gasteiger partial charge is 0.262 e. The first-order chi connectivity index (χ1) is 13.5. The number of carbonyl (C=O) groups excluding carboxylic acids is 2. The van der Waals surface area contributed by atoms with Gasteiger partial charge in [0.2, 0.25) is 5.91 Å². The van der Waals surface area contributed by atoms with Gasteiger partial charge in [-0.05, 0) is 50.0 Å². The van der Waals surface area contributed by atoms with Crippen molar-refractivity contribution >= 4 is 44.7 Å². The molecule has 1 aromatic carbocycles. The Morgan fingerprint density at radius 2 is 2.04 bits per heavy atom. The molecule has 6 nitrogen and oxygen atoms in total. The van der Waals surface area contributed by atoms with Crippen LogP contribution in [0, 0.1) is 11.3 Å². The Bertz CT molecular complexity index is 1010. The van der Waals surface area contributed by atoms with Crippen LogP contribution in [-0.4, -0.2) is 40.4 Å². The second kappa shape index (κ2) is 7.80. The highest BCUT2D eigenvalue weighted by molar-refractivity contribution is 9.10. The number of carbonyl (C=O) groups is 2. The molecule has 1 aliphatic heterocycles. The highest BCUT2D eigenvalue weighted by Crippen LogP contribution is 2.28. The van der Waals surface area contributed by atoms with Crippen LogP contribution >= 0.6 is 15.9 Å². The summed E-state index contributed by atoms with van der Waals surface area (Å²) in [6, 6.07) is 8.03. The van der Waals surface area contributed by atoms with Gasteiger partial charge < -0.3 is 14.8 Å². The maximum atomic E-state index is 12.6. The lowest BCUT2D eigenvalue weighted by Gasteiger charge is -2.16. The lowest BCUT2D eigenvalue weighted by atomic mass is 10.1. The van der Waals surface area contributed by atoms with Crippen molar-refractivity contribution in [3.8, 4) is 6.07 Å². The van der Waals surface area contributed by atoms with Gasteiger partial charge in [-0.25, -0.2) is 0 Å². The van der Waals surface area contributed by atoms with E-state index >= 15 is 0 Å². The topological polar surface area (TPSA) is 78.1 Å². The molecule has 7 heteroatoms. The van der Waals surface area contributed by atoms with Crippen molar-refractivity contribution in [2.75, 3.05) is 13.1 Å². The van der Waals surface area contributed by atoms with E-state index in [4.69, 9.17) is 0 Å². The second-order valence-electron chi connectivity index (χ2n) is 7.38. The maximum absolute atomic E-state index is 12.6. The fourth-order valence-electron chi connectivity index (χ4n) is 3.55. The number of nitrogens with one attached hydrogen (secondary N) is 1. The predicted octanol–water partition coefficient (Wildman–Crippen LogP) is 3.21. The Morgan fingerprint density at radius 1 is 1.29 bits per heavy atom. The zero-order chi connectivity index (χ0) is 19.7. The predicted molar refractivity (Wildman–Crippen MR) is 110 cm³/mol. The number of nitriles is 1. The lowest BCUT2D eigenvalue weighted by Crippen LogP contribution is -2.30. The van der Waals surface area contributed by atoms with Gasteiger partial charge in [0.25, 0.3) is 5.91 Å². The van der Waals surface area contributed by atoms with E-state index in [1.165, 1.54) is 0 Å². The summed E-state index contributed by atoms with van der Waals surface area (Å²) in [6.45, 7) is 1.88. The molecule has 1 saturated carbocycles. The van der Waals surface area contributed by atoms with Gasteiger partial charge in [-0.1, -0.05) is 15.9 Å². The van der Waals surface area contributed by atoms with Gasteiger partial charge in [0.1, 0.15) is 18.2 Å². The van der Waals surface area contributed by atoms with Gasteiger partial charge in [-0.3, -0.25) is 9.59 Å². The second-order valence-corrected chi connectivity index (χ2v) is 8.29. The molecule has 28 heavy (non-hydrogen) atoms. The molecule has 1 aromatic heterocycles. The van der Waals surface area contributed by atoms with Crippen molar-refractivity contribution in [2.45, 2.75) is 38.3 Å². The average molecular weight is 441 g/mol. The number of aromatic nitrogens is 1. The van der Waals surface area contributed by atoms with E-state index < -0.39 is 0 Å². The minimum atomic E-state index is -0.339. The van der Waals surface area contributed by atoms with E-state index in [1.54, 1.807) is 6.08 Å². The van der Waals surface area contributed by atoms with Crippen LogP contribution in [-0.2, 0) is 16.1 Å². The maximum Gasteiger partial charge on any atom is 0.262 e. The van der Waals surface area contributed by atoms with E-state index in [1.807, 2.05) is 39.9 Å². The monoisotopic (exact) mass is 440 g/mol. The molecule has 1 saturated heterocycles. The van der Waals surface area contributed by atoms with Crippen LogP contribution in [0.3, 0.4) is 0 Å². The Balaban J connectivity index is 1.68. The van der Waals surface area contributed by atoms with Crippen molar-refractivity contribution < 1.29 is 9.59 Å². The van der Waals surface area contributed by atoms with E-state index in [0.717, 1.165) is 59.7 Å². The Morgan fingerprint density at radius 3 is 2.71 bits per heavy atom. The molecule has 0 bridgehead atoms. The quantitative estimate of drug-likeness (QED) is 0.572. The van der Waals surface area contributed by atoms with Gasteiger partial charge >= 0.3 is 0 Å². The molecule has 2 aliphatic rings. The number of halogens is 1. The van der Waals surface area contributed by atoms with Crippen LogP contribution in [0.2, 0.25) is 0 Å². The normalized spacial score (nSPS) is 17.0. The molecule has 4 rings (SSSR count). The van der Waals surface area contributed by atoms with Gasteiger partial charge in [-0.2, -0.15) is 5.26 Å². The number of likely N-dealkylation sites (tertiary alicyclic amines) is 1. The molecule has 0 radical (unpaired) electrons. The van der Waals surface area contributed by atoms with E-state index in [9.17, 15) is 14.9 Å². The zero-order valence-corrected chi connectivity index (χ0v) is 17.0. The fraction of sp³-hybridized carbons (Fsp3) is 0.381. The molecule has 1 aliphatic carbocycles. The van der Waals surface area contributed by atoms with Gasteiger partial charge in [0.05, 0.1) is 0 Å². The summed E-state index contributed by atoms with van der Waals surface area (Å²) in [6.07, 6.45) is 7.52. The third kappa shape index (κ3) is 3.97. The molecule has 2 amide bonds. The number of fused-ring (bicyclic) bond motifs is 1. The fourth-order valence-corrected chi connectivity index (χ4v) is 3.91. The van der Waals surface area contributed by atoms with Crippen LogP contribution in [0.5, 0.6) is 0 Å². The van der Waals surface area contributed by atoms with E-state index in [2.05, 4.69) is 21.2 Å². The Hall–Kier alpha value is -2.59. The number of amides is 2. The van der Waals surface area contributed by atoms with Crippen LogP contribution in [0.1, 0.15) is 31.2 Å². The molecular formula is C21H21BrN4O2.